The van der Waals surface area contributed by atoms with E-state index < -0.39 is 5.97 Å². The summed E-state index contributed by atoms with van der Waals surface area (Å²) in [6.07, 6.45) is 0. The minimum absolute atomic E-state index is 0.195. The van der Waals surface area contributed by atoms with Gasteiger partial charge in [0.2, 0.25) is 0 Å². The molecule has 7 nitrogen and oxygen atoms in total. The molecule has 8 heteroatoms. The quantitative estimate of drug-likeness (QED) is 0.796. The van der Waals surface area contributed by atoms with Crippen molar-refractivity contribution in [2.45, 2.75) is 6.54 Å². The van der Waals surface area contributed by atoms with Crippen LogP contribution >= 0.6 is 11.3 Å². The minimum atomic E-state index is -0.441. The van der Waals surface area contributed by atoms with Crippen LogP contribution in [0, 0.1) is 0 Å². The Kier molecular flexibility index (Phi) is 6.31. The Bertz CT molecular complexity index is 800. The summed E-state index contributed by atoms with van der Waals surface area (Å²) in [5.74, 6) is 0.408. The first-order valence-corrected chi connectivity index (χ1v) is 9.55. The molecule has 1 aromatic heterocycles. The number of anilines is 1. The average molecular weight is 389 g/mol. The molecule has 2 amide bonds. The van der Waals surface area contributed by atoms with E-state index in [9.17, 15) is 9.59 Å². The first-order valence-electron chi connectivity index (χ1n) is 8.67. The monoisotopic (exact) mass is 389 g/mol. The van der Waals surface area contributed by atoms with Crippen molar-refractivity contribution >= 4 is 29.0 Å². The molecule has 1 aromatic carbocycles. The smallest absolute Gasteiger partial charge is 0.350 e. The molecule has 0 atom stereocenters. The van der Waals surface area contributed by atoms with Gasteiger partial charge in [0, 0.05) is 32.7 Å². The third kappa shape index (κ3) is 4.78. The molecule has 0 bridgehead atoms. The number of carbonyl (C=O) groups excluding carboxylic acids is 2. The van der Waals surface area contributed by atoms with E-state index in [1.54, 1.807) is 23.5 Å². The third-order valence-corrected chi connectivity index (χ3v) is 5.37. The average Bonchev–Trinajstić information content (AvgIpc) is 3.16. The SMILES string of the molecule is COC(=O)c1sccc1NC(=O)N1CCN(Cc2cccc(OC)c2)CC1. The fourth-order valence-electron chi connectivity index (χ4n) is 2.99. The van der Waals surface area contributed by atoms with Crippen molar-refractivity contribution in [1.29, 1.82) is 0 Å². The van der Waals surface area contributed by atoms with Crippen LogP contribution < -0.4 is 10.1 Å². The van der Waals surface area contributed by atoms with E-state index >= 15 is 0 Å². The summed E-state index contributed by atoms with van der Waals surface area (Å²) in [6, 6.07) is 9.54. The molecular weight excluding hydrogens is 366 g/mol. The van der Waals surface area contributed by atoms with E-state index in [1.165, 1.54) is 24.0 Å². The second-order valence-electron chi connectivity index (χ2n) is 6.20. The fraction of sp³-hybridized carbons (Fsp3) is 0.368. The van der Waals surface area contributed by atoms with Gasteiger partial charge in [-0.05, 0) is 29.1 Å². The van der Waals surface area contributed by atoms with Gasteiger partial charge in [0.25, 0.3) is 0 Å². The number of piperazine rings is 1. The van der Waals surface area contributed by atoms with E-state index in [0.717, 1.165) is 25.4 Å². The number of hydrogen-bond donors (Lipinski definition) is 1. The fourth-order valence-corrected chi connectivity index (χ4v) is 3.76. The Balaban J connectivity index is 1.52. The number of amides is 2. The third-order valence-electron chi connectivity index (χ3n) is 4.48. The van der Waals surface area contributed by atoms with Gasteiger partial charge in [0.05, 0.1) is 19.9 Å². The number of urea groups is 1. The van der Waals surface area contributed by atoms with E-state index in [0.29, 0.717) is 23.7 Å². The highest BCUT2D eigenvalue weighted by Crippen LogP contribution is 2.23. The highest BCUT2D eigenvalue weighted by atomic mass is 32.1. The Morgan fingerprint density at radius 1 is 1.15 bits per heavy atom. The minimum Gasteiger partial charge on any atom is -0.497 e. The number of nitrogens with zero attached hydrogens (tertiary/aromatic N) is 2. The molecule has 1 fully saturated rings. The van der Waals surface area contributed by atoms with Crippen molar-refractivity contribution in [2.24, 2.45) is 0 Å². The molecule has 0 spiro atoms. The van der Waals surface area contributed by atoms with Crippen molar-refractivity contribution in [2.75, 3.05) is 45.7 Å². The normalized spacial score (nSPS) is 14.7. The lowest BCUT2D eigenvalue weighted by Crippen LogP contribution is -2.49. The maximum absolute atomic E-state index is 12.5. The Morgan fingerprint density at radius 2 is 1.93 bits per heavy atom. The first-order chi connectivity index (χ1) is 13.1. The summed E-state index contributed by atoms with van der Waals surface area (Å²) in [5.41, 5.74) is 1.68. The van der Waals surface area contributed by atoms with Crippen LogP contribution in [-0.4, -0.2) is 62.2 Å². The second kappa shape index (κ2) is 8.88. The number of benzene rings is 1. The van der Waals surface area contributed by atoms with Gasteiger partial charge >= 0.3 is 12.0 Å². The highest BCUT2D eigenvalue weighted by Gasteiger charge is 2.23. The molecule has 144 valence electrons. The van der Waals surface area contributed by atoms with Gasteiger partial charge in [-0.15, -0.1) is 11.3 Å². The summed E-state index contributed by atoms with van der Waals surface area (Å²) >= 11 is 1.25. The predicted octanol–water partition coefficient (Wildman–Crippen LogP) is 2.89. The number of methoxy groups -OCH3 is 2. The lowest BCUT2D eigenvalue weighted by atomic mass is 10.2. The van der Waals surface area contributed by atoms with Crippen LogP contribution in [0.1, 0.15) is 15.2 Å². The standard InChI is InChI=1S/C19H23N3O4S/c1-25-15-5-3-4-14(12-15)13-21-7-9-22(10-8-21)19(24)20-16-6-11-27-17(16)18(23)26-2/h3-6,11-12H,7-10,13H2,1-2H3,(H,20,24). The predicted molar refractivity (Wildman–Crippen MR) is 105 cm³/mol. The number of esters is 1. The lowest BCUT2D eigenvalue weighted by Gasteiger charge is -2.34. The van der Waals surface area contributed by atoms with Crippen molar-refractivity contribution in [3.05, 3.63) is 46.2 Å². The van der Waals surface area contributed by atoms with Crippen LogP contribution in [0.4, 0.5) is 10.5 Å². The van der Waals surface area contributed by atoms with Crippen LogP contribution in [0.2, 0.25) is 0 Å². The Labute approximate surface area is 162 Å². The van der Waals surface area contributed by atoms with Gasteiger partial charge < -0.3 is 19.7 Å². The number of ether oxygens (including phenoxy) is 2. The summed E-state index contributed by atoms with van der Waals surface area (Å²) in [7, 11) is 2.99. The molecule has 2 heterocycles. The number of thiophene rings is 1. The number of nitrogens with one attached hydrogen (secondary N) is 1. The van der Waals surface area contributed by atoms with Gasteiger partial charge in [0.15, 0.2) is 0 Å². The van der Waals surface area contributed by atoms with Crippen molar-refractivity contribution in [1.82, 2.24) is 9.80 Å². The van der Waals surface area contributed by atoms with Crippen LogP contribution in [-0.2, 0) is 11.3 Å². The molecule has 1 aliphatic rings. The van der Waals surface area contributed by atoms with Crippen molar-refractivity contribution in [3.63, 3.8) is 0 Å². The Morgan fingerprint density at radius 3 is 2.63 bits per heavy atom. The molecule has 0 aliphatic carbocycles. The van der Waals surface area contributed by atoms with Crippen molar-refractivity contribution in [3.8, 4) is 5.75 Å². The van der Waals surface area contributed by atoms with Gasteiger partial charge in [-0.25, -0.2) is 9.59 Å². The number of carbonyl (C=O) groups is 2. The van der Waals surface area contributed by atoms with Crippen LogP contribution in [0.5, 0.6) is 5.75 Å². The molecule has 0 radical (unpaired) electrons. The van der Waals surface area contributed by atoms with Gasteiger partial charge in [-0.2, -0.15) is 0 Å². The molecule has 1 N–H and O–H groups in total. The topological polar surface area (TPSA) is 71.1 Å². The first kappa shape index (κ1) is 19.2. The van der Waals surface area contributed by atoms with Gasteiger partial charge in [-0.3, -0.25) is 4.90 Å². The highest BCUT2D eigenvalue weighted by molar-refractivity contribution is 7.12. The lowest BCUT2D eigenvalue weighted by molar-refractivity contribution is 0.0607. The molecular formula is C19H23N3O4S. The van der Waals surface area contributed by atoms with Crippen molar-refractivity contribution < 1.29 is 19.1 Å². The largest absolute Gasteiger partial charge is 0.497 e. The van der Waals surface area contributed by atoms with Crippen LogP contribution in [0.3, 0.4) is 0 Å². The van der Waals surface area contributed by atoms with Gasteiger partial charge in [-0.1, -0.05) is 12.1 Å². The molecule has 3 rings (SSSR count). The number of hydrogen-bond acceptors (Lipinski definition) is 6. The molecule has 0 saturated carbocycles. The second-order valence-corrected chi connectivity index (χ2v) is 7.12. The summed E-state index contributed by atoms with van der Waals surface area (Å²) in [4.78, 5) is 28.7. The molecule has 2 aromatic rings. The molecule has 1 aliphatic heterocycles. The molecule has 1 saturated heterocycles. The molecule has 27 heavy (non-hydrogen) atoms. The van der Waals surface area contributed by atoms with Gasteiger partial charge in [0.1, 0.15) is 10.6 Å². The zero-order valence-corrected chi connectivity index (χ0v) is 16.3. The van der Waals surface area contributed by atoms with E-state index in [1.807, 2.05) is 18.2 Å². The Hall–Kier alpha value is -2.58. The summed E-state index contributed by atoms with van der Waals surface area (Å²) in [5, 5.41) is 4.57. The zero-order chi connectivity index (χ0) is 19.2. The van der Waals surface area contributed by atoms with Crippen LogP contribution in [0.15, 0.2) is 35.7 Å². The van der Waals surface area contributed by atoms with E-state index in [-0.39, 0.29) is 6.03 Å². The maximum Gasteiger partial charge on any atom is 0.350 e. The van der Waals surface area contributed by atoms with Crippen LogP contribution in [0.25, 0.3) is 0 Å². The number of rotatable bonds is 5. The van der Waals surface area contributed by atoms with E-state index in [4.69, 9.17) is 9.47 Å². The molecule has 0 unspecified atom stereocenters. The summed E-state index contributed by atoms with van der Waals surface area (Å²) in [6.45, 7) is 3.67. The maximum atomic E-state index is 12.5. The zero-order valence-electron chi connectivity index (χ0n) is 15.4. The van der Waals surface area contributed by atoms with E-state index in [2.05, 4.69) is 16.3 Å². The summed E-state index contributed by atoms with van der Waals surface area (Å²) < 4.78 is 10.0.